The van der Waals surface area contributed by atoms with E-state index in [2.05, 4.69) is 27.3 Å². The second-order valence-corrected chi connectivity index (χ2v) is 6.31. The highest BCUT2D eigenvalue weighted by Crippen LogP contribution is 2.22. The first kappa shape index (κ1) is 17.1. The summed E-state index contributed by atoms with van der Waals surface area (Å²) in [5, 5.41) is 6.18. The minimum atomic E-state index is -0.279. The Labute approximate surface area is 152 Å². The predicted octanol–water partition coefficient (Wildman–Crippen LogP) is 4.82. The van der Waals surface area contributed by atoms with Gasteiger partial charge in [0.2, 0.25) is 0 Å². The molecule has 0 aliphatic carbocycles. The molecule has 0 saturated heterocycles. The van der Waals surface area contributed by atoms with Crippen LogP contribution in [0.15, 0.2) is 66.9 Å². The topological polar surface area (TPSA) is 46.1 Å². The molecule has 25 heavy (non-hydrogen) atoms. The summed E-state index contributed by atoms with van der Waals surface area (Å²) in [6.45, 7) is 3.17. The summed E-state index contributed by atoms with van der Waals surface area (Å²) in [4.78, 5) is 12.1. The molecule has 3 rings (SSSR count). The summed E-state index contributed by atoms with van der Waals surface area (Å²) < 4.78 is 2.12. The monoisotopic (exact) mass is 353 g/mol. The van der Waals surface area contributed by atoms with Gasteiger partial charge >= 0.3 is 6.03 Å². The van der Waals surface area contributed by atoms with Crippen molar-refractivity contribution in [2.75, 3.05) is 5.32 Å². The average molecular weight is 354 g/mol. The van der Waals surface area contributed by atoms with E-state index in [0.29, 0.717) is 17.3 Å². The third-order valence-corrected chi connectivity index (χ3v) is 4.23. The predicted molar refractivity (Wildman–Crippen MR) is 102 cm³/mol. The van der Waals surface area contributed by atoms with E-state index in [1.807, 2.05) is 55.6 Å². The van der Waals surface area contributed by atoms with Crippen molar-refractivity contribution < 1.29 is 4.79 Å². The number of nitrogens with one attached hydrogen (secondary N) is 2. The zero-order valence-electron chi connectivity index (χ0n) is 14.0. The summed E-state index contributed by atoms with van der Waals surface area (Å²) in [5.74, 6) is 0. The first-order valence-electron chi connectivity index (χ1n) is 8.11. The summed E-state index contributed by atoms with van der Waals surface area (Å²) in [7, 11) is 0. The number of benzene rings is 2. The molecule has 1 aromatic heterocycles. The molecule has 2 amide bonds. The largest absolute Gasteiger partial charge is 0.345 e. The van der Waals surface area contributed by atoms with E-state index in [1.165, 1.54) is 5.56 Å². The van der Waals surface area contributed by atoms with E-state index in [-0.39, 0.29) is 6.03 Å². The van der Waals surface area contributed by atoms with Crippen LogP contribution >= 0.6 is 11.6 Å². The van der Waals surface area contributed by atoms with Crippen LogP contribution in [-0.2, 0) is 13.1 Å². The molecule has 0 aliphatic rings. The first-order valence-corrected chi connectivity index (χ1v) is 8.48. The number of rotatable bonds is 5. The normalized spacial score (nSPS) is 10.5. The van der Waals surface area contributed by atoms with Crippen LogP contribution in [0.5, 0.6) is 0 Å². The van der Waals surface area contributed by atoms with Gasteiger partial charge in [0.05, 0.1) is 17.3 Å². The lowest BCUT2D eigenvalue weighted by molar-refractivity contribution is 0.251. The Kier molecular flexibility index (Phi) is 5.41. The van der Waals surface area contributed by atoms with Gasteiger partial charge in [-0.15, -0.1) is 0 Å². The fourth-order valence-corrected chi connectivity index (χ4v) is 2.89. The molecule has 0 atom stereocenters. The number of hydrogen-bond donors (Lipinski definition) is 2. The van der Waals surface area contributed by atoms with E-state index in [4.69, 9.17) is 11.6 Å². The maximum absolute atomic E-state index is 12.1. The maximum atomic E-state index is 12.1. The third kappa shape index (κ3) is 4.64. The molecule has 0 saturated carbocycles. The highest BCUT2D eigenvalue weighted by atomic mass is 35.5. The van der Waals surface area contributed by atoms with Gasteiger partial charge in [0.1, 0.15) is 0 Å². The Hall–Kier alpha value is -2.72. The zero-order chi connectivity index (χ0) is 17.6. The Morgan fingerprint density at radius 3 is 2.64 bits per heavy atom. The van der Waals surface area contributed by atoms with Gasteiger partial charge in [-0.1, -0.05) is 48.0 Å². The van der Waals surface area contributed by atoms with Crippen molar-refractivity contribution >= 4 is 23.3 Å². The lowest BCUT2D eigenvalue weighted by Crippen LogP contribution is -2.29. The van der Waals surface area contributed by atoms with E-state index in [0.717, 1.165) is 17.8 Å². The van der Waals surface area contributed by atoms with Crippen LogP contribution in [0.2, 0.25) is 5.02 Å². The van der Waals surface area contributed by atoms with Crippen LogP contribution in [0.1, 0.15) is 16.8 Å². The number of amides is 2. The molecule has 3 aromatic rings. The Balaban J connectivity index is 1.58. The summed E-state index contributed by atoms with van der Waals surface area (Å²) in [5.41, 5.74) is 3.91. The summed E-state index contributed by atoms with van der Waals surface area (Å²) >= 11 is 6.14. The molecule has 0 unspecified atom stereocenters. The molecule has 0 aliphatic heterocycles. The number of carbonyl (C=O) groups excluding carboxylic acids is 1. The highest BCUT2D eigenvalue weighted by Gasteiger charge is 2.07. The Bertz CT molecular complexity index is 858. The number of nitrogens with zero attached hydrogens (tertiary/aromatic N) is 1. The highest BCUT2D eigenvalue weighted by molar-refractivity contribution is 6.33. The smallest absolute Gasteiger partial charge is 0.319 e. The molecule has 0 spiro atoms. The fraction of sp³-hybridized carbons (Fsp3) is 0.150. The van der Waals surface area contributed by atoms with Crippen molar-refractivity contribution in [1.29, 1.82) is 0 Å². The average Bonchev–Trinajstić information content (AvgIpc) is 3.03. The number of hydrogen-bond acceptors (Lipinski definition) is 1. The van der Waals surface area contributed by atoms with Crippen LogP contribution in [0, 0.1) is 6.92 Å². The molecule has 1 heterocycles. The van der Waals surface area contributed by atoms with Crippen LogP contribution in [0.25, 0.3) is 0 Å². The molecule has 4 nitrogen and oxygen atoms in total. The van der Waals surface area contributed by atoms with Crippen molar-refractivity contribution in [3.63, 3.8) is 0 Å². The maximum Gasteiger partial charge on any atom is 0.319 e. The number of urea groups is 1. The minimum absolute atomic E-state index is 0.279. The van der Waals surface area contributed by atoms with Gasteiger partial charge in [0, 0.05) is 18.4 Å². The van der Waals surface area contributed by atoms with E-state index < -0.39 is 0 Å². The van der Waals surface area contributed by atoms with E-state index >= 15 is 0 Å². The number of aryl methyl sites for hydroxylation is 1. The van der Waals surface area contributed by atoms with Crippen LogP contribution in [0.4, 0.5) is 10.5 Å². The molecule has 0 radical (unpaired) electrons. The number of carbonyl (C=O) groups is 1. The van der Waals surface area contributed by atoms with Gasteiger partial charge in [-0.25, -0.2) is 4.79 Å². The van der Waals surface area contributed by atoms with Crippen molar-refractivity contribution in [3.05, 3.63) is 88.7 Å². The van der Waals surface area contributed by atoms with Crippen molar-refractivity contribution in [1.82, 2.24) is 9.88 Å². The summed E-state index contributed by atoms with van der Waals surface area (Å²) in [6.07, 6.45) is 2.01. The van der Waals surface area contributed by atoms with Gasteiger partial charge in [0.25, 0.3) is 0 Å². The third-order valence-electron chi connectivity index (χ3n) is 3.92. The van der Waals surface area contributed by atoms with Gasteiger partial charge < -0.3 is 15.2 Å². The molecule has 128 valence electrons. The molecule has 0 fully saturated rings. The van der Waals surface area contributed by atoms with Gasteiger partial charge in [-0.05, 0) is 42.3 Å². The standard InChI is InChI=1S/C20H20ClN3O/c1-15-9-10-19(18(21)12-15)23-20(25)22-13-17-8-5-11-24(17)14-16-6-3-2-4-7-16/h2-12H,13-14H2,1H3,(H2,22,23,25). The Morgan fingerprint density at radius 2 is 1.88 bits per heavy atom. The summed E-state index contributed by atoms with van der Waals surface area (Å²) in [6, 6.07) is 19.5. The molecule has 2 aromatic carbocycles. The Morgan fingerprint density at radius 1 is 1.08 bits per heavy atom. The van der Waals surface area contributed by atoms with Crippen LogP contribution in [0.3, 0.4) is 0 Å². The number of anilines is 1. The van der Waals surface area contributed by atoms with Crippen molar-refractivity contribution in [3.8, 4) is 0 Å². The number of halogens is 1. The molecular weight excluding hydrogens is 334 g/mol. The van der Waals surface area contributed by atoms with Gasteiger partial charge in [-0.2, -0.15) is 0 Å². The number of aromatic nitrogens is 1. The molecule has 5 heteroatoms. The first-order chi connectivity index (χ1) is 12.1. The van der Waals surface area contributed by atoms with Crippen molar-refractivity contribution in [2.24, 2.45) is 0 Å². The quantitative estimate of drug-likeness (QED) is 0.678. The van der Waals surface area contributed by atoms with Crippen LogP contribution in [-0.4, -0.2) is 10.6 Å². The lowest BCUT2D eigenvalue weighted by atomic mass is 10.2. The zero-order valence-corrected chi connectivity index (χ0v) is 14.8. The molecule has 0 bridgehead atoms. The van der Waals surface area contributed by atoms with Crippen LogP contribution < -0.4 is 10.6 Å². The van der Waals surface area contributed by atoms with E-state index in [9.17, 15) is 4.79 Å². The second-order valence-electron chi connectivity index (χ2n) is 5.90. The van der Waals surface area contributed by atoms with Crippen molar-refractivity contribution in [2.45, 2.75) is 20.0 Å². The SMILES string of the molecule is Cc1ccc(NC(=O)NCc2cccn2Cc2ccccc2)c(Cl)c1. The van der Waals surface area contributed by atoms with E-state index in [1.54, 1.807) is 6.07 Å². The van der Waals surface area contributed by atoms with Gasteiger partial charge in [0.15, 0.2) is 0 Å². The van der Waals surface area contributed by atoms with Gasteiger partial charge in [-0.3, -0.25) is 0 Å². The fourth-order valence-electron chi connectivity index (χ4n) is 2.60. The molecular formula is C20H20ClN3O. The lowest BCUT2D eigenvalue weighted by Gasteiger charge is -2.12. The molecule has 2 N–H and O–H groups in total. The minimum Gasteiger partial charge on any atom is -0.345 e. The second kappa shape index (κ2) is 7.90.